The molecule has 0 bridgehead atoms. The molecule has 0 atom stereocenters. The van der Waals surface area contributed by atoms with Gasteiger partial charge in [-0.05, 0) is 38.1 Å². The molecule has 0 aliphatic heterocycles. The van der Waals surface area contributed by atoms with E-state index in [0.717, 1.165) is 6.54 Å². The molecule has 114 valence electrons. The fourth-order valence-electron chi connectivity index (χ4n) is 2.04. The number of halogens is 2. The molecule has 0 radical (unpaired) electrons. The molecule has 1 N–H and O–H groups in total. The molecule has 1 aromatic rings. The Hall–Kier alpha value is -1.20. The van der Waals surface area contributed by atoms with E-state index in [4.69, 9.17) is 4.74 Å². The van der Waals surface area contributed by atoms with Crippen molar-refractivity contribution in [3.05, 3.63) is 29.3 Å². The molecule has 0 aromatic heterocycles. The zero-order valence-electron chi connectivity index (χ0n) is 12.5. The average molecular weight is 286 g/mol. The van der Waals surface area contributed by atoms with Crippen LogP contribution in [0.5, 0.6) is 0 Å². The predicted molar refractivity (Wildman–Crippen MR) is 78.1 cm³/mol. The van der Waals surface area contributed by atoms with Gasteiger partial charge in [-0.2, -0.15) is 0 Å². The third kappa shape index (κ3) is 4.72. The van der Waals surface area contributed by atoms with Crippen molar-refractivity contribution in [3.63, 3.8) is 0 Å². The van der Waals surface area contributed by atoms with Gasteiger partial charge in [0.15, 0.2) is 0 Å². The number of ether oxygens (including phenoxy) is 1. The minimum absolute atomic E-state index is 0.0347. The first-order chi connectivity index (χ1) is 9.63. The van der Waals surface area contributed by atoms with Crippen LogP contribution in [-0.4, -0.2) is 32.8 Å². The minimum atomic E-state index is -0.517. The van der Waals surface area contributed by atoms with Gasteiger partial charge < -0.3 is 15.0 Å². The second-order valence-corrected chi connectivity index (χ2v) is 4.46. The molecule has 0 saturated heterocycles. The summed E-state index contributed by atoms with van der Waals surface area (Å²) in [5.41, 5.74) is 0.652. The molecule has 0 fully saturated rings. The molecule has 1 aromatic carbocycles. The molecule has 0 aliphatic rings. The summed E-state index contributed by atoms with van der Waals surface area (Å²) in [6.45, 7) is 9.03. The Bertz CT molecular complexity index is 390. The van der Waals surface area contributed by atoms with E-state index in [-0.39, 0.29) is 5.69 Å². The summed E-state index contributed by atoms with van der Waals surface area (Å²) in [5.74, 6) is -1.03. The van der Waals surface area contributed by atoms with Crippen molar-refractivity contribution in [2.24, 2.45) is 0 Å². The van der Waals surface area contributed by atoms with E-state index in [9.17, 15) is 8.78 Å². The van der Waals surface area contributed by atoms with E-state index in [1.54, 1.807) is 4.90 Å². The lowest BCUT2D eigenvalue weighted by molar-refractivity contribution is 0.154. The quantitative estimate of drug-likeness (QED) is 0.706. The summed E-state index contributed by atoms with van der Waals surface area (Å²) in [4.78, 5) is 1.66. The molecule has 0 saturated carbocycles. The number of rotatable bonds is 9. The molecule has 0 heterocycles. The van der Waals surface area contributed by atoms with Gasteiger partial charge >= 0.3 is 0 Å². The number of benzene rings is 1. The van der Waals surface area contributed by atoms with E-state index in [2.05, 4.69) is 5.32 Å². The van der Waals surface area contributed by atoms with Gasteiger partial charge in [0.05, 0.1) is 6.61 Å². The first-order valence-corrected chi connectivity index (χ1v) is 7.15. The van der Waals surface area contributed by atoms with Crippen LogP contribution in [0.25, 0.3) is 0 Å². The van der Waals surface area contributed by atoms with Gasteiger partial charge in [0.2, 0.25) is 0 Å². The van der Waals surface area contributed by atoms with Crippen molar-refractivity contribution in [2.45, 2.75) is 27.3 Å². The van der Waals surface area contributed by atoms with Crippen LogP contribution in [0, 0.1) is 11.6 Å². The number of nitrogens with zero attached hydrogens (tertiary/aromatic N) is 1. The van der Waals surface area contributed by atoms with Crippen molar-refractivity contribution in [2.75, 3.05) is 37.7 Å². The molecule has 3 nitrogen and oxygen atoms in total. The molecule has 0 amide bonds. The fourth-order valence-corrected chi connectivity index (χ4v) is 2.04. The maximum absolute atomic E-state index is 14.1. The van der Waals surface area contributed by atoms with Gasteiger partial charge in [-0.3, -0.25) is 0 Å². The summed E-state index contributed by atoms with van der Waals surface area (Å²) >= 11 is 0. The van der Waals surface area contributed by atoms with Crippen LogP contribution in [0.1, 0.15) is 26.3 Å². The highest BCUT2D eigenvalue weighted by Crippen LogP contribution is 2.25. The first-order valence-electron chi connectivity index (χ1n) is 7.15. The van der Waals surface area contributed by atoms with Crippen LogP contribution < -0.4 is 10.2 Å². The summed E-state index contributed by atoms with van der Waals surface area (Å²) in [6, 6.07) is 2.79. The molecule has 20 heavy (non-hydrogen) atoms. The van der Waals surface area contributed by atoms with Crippen molar-refractivity contribution in [1.82, 2.24) is 5.32 Å². The van der Waals surface area contributed by atoms with Crippen LogP contribution in [0.3, 0.4) is 0 Å². The third-order valence-corrected chi connectivity index (χ3v) is 3.06. The minimum Gasteiger partial charge on any atom is -0.380 e. The van der Waals surface area contributed by atoms with Crippen LogP contribution >= 0.6 is 0 Å². The second kappa shape index (κ2) is 8.87. The number of hydrogen-bond acceptors (Lipinski definition) is 3. The average Bonchev–Trinajstić information content (AvgIpc) is 2.42. The summed E-state index contributed by atoms with van der Waals surface area (Å²) < 4.78 is 33.5. The lowest BCUT2D eigenvalue weighted by Gasteiger charge is -2.24. The highest BCUT2D eigenvalue weighted by molar-refractivity contribution is 5.50. The van der Waals surface area contributed by atoms with Gasteiger partial charge in [0.25, 0.3) is 0 Å². The molecule has 1 rings (SSSR count). The van der Waals surface area contributed by atoms with Crippen LogP contribution in [-0.2, 0) is 11.3 Å². The van der Waals surface area contributed by atoms with E-state index in [1.807, 2.05) is 20.8 Å². The van der Waals surface area contributed by atoms with Gasteiger partial charge in [-0.15, -0.1) is 0 Å². The molecule has 5 heteroatoms. The molecular weight excluding hydrogens is 262 g/mol. The molecule has 0 spiro atoms. The number of anilines is 1. The molecular formula is C15H24F2N2O. The SMILES string of the molecule is CCNCc1cc(F)c(N(CC)CCOCC)c(F)c1. The molecule has 0 unspecified atom stereocenters. The zero-order chi connectivity index (χ0) is 15.0. The zero-order valence-corrected chi connectivity index (χ0v) is 12.5. The van der Waals surface area contributed by atoms with E-state index < -0.39 is 11.6 Å². The predicted octanol–water partition coefficient (Wildman–Crippen LogP) is 2.94. The van der Waals surface area contributed by atoms with E-state index in [1.165, 1.54) is 12.1 Å². The van der Waals surface area contributed by atoms with Gasteiger partial charge in [0, 0.05) is 26.2 Å². The van der Waals surface area contributed by atoms with Gasteiger partial charge in [-0.25, -0.2) is 8.78 Å². The number of likely N-dealkylation sites (N-methyl/N-ethyl adjacent to an activating group) is 1. The Kier molecular flexibility index (Phi) is 7.47. The topological polar surface area (TPSA) is 24.5 Å². The van der Waals surface area contributed by atoms with Crippen molar-refractivity contribution >= 4 is 5.69 Å². The Morgan fingerprint density at radius 3 is 2.30 bits per heavy atom. The summed E-state index contributed by atoms with van der Waals surface area (Å²) in [5, 5.41) is 3.06. The smallest absolute Gasteiger partial charge is 0.149 e. The van der Waals surface area contributed by atoms with Gasteiger partial charge in [-0.1, -0.05) is 6.92 Å². The highest BCUT2D eigenvalue weighted by Gasteiger charge is 2.16. The standard InChI is InChI=1S/C15H24F2N2O/c1-4-18-11-12-9-13(16)15(14(17)10-12)19(5-2)7-8-20-6-3/h9-10,18H,4-8,11H2,1-3H3. The summed E-state index contributed by atoms with van der Waals surface area (Å²) in [7, 11) is 0. The maximum atomic E-state index is 14.1. The maximum Gasteiger partial charge on any atom is 0.149 e. The Balaban J connectivity index is 2.86. The normalized spacial score (nSPS) is 10.8. The monoisotopic (exact) mass is 286 g/mol. The van der Waals surface area contributed by atoms with Crippen LogP contribution in [0.2, 0.25) is 0 Å². The van der Waals surface area contributed by atoms with E-state index >= 15 is 0 Å². The van der Waals surface area contributed by atoms with Crippen LogP contribution in [0.15, 0.2) is 12.1 Å². The largest absolute Gasteiger partial charge is 0.380 e. The fraction of sp³-hybridized carbons (Fsp3) is 0.600. The highest BCUT2D eigenvalue weighted by atomic mass is 19.1. The van der Waals surface area contributed by atoms with Crippen molar-refractivity contribution in [1.29, 1.82) is 0 Å². The third-order valence-electron chi connectivity index (χ3n) is 3.06. The first kappa shape index (κ1) is 16.9. The Labute approximate surface area is 119 Å². The lowest BCUT2D eigenvalue weighted by Crippen LogP contribution is -2.29. The summed E-state index contributed by atoms with van der Waals surface area (Å²) in [6.07, 6.45) is 0. The van der Waals surface area contributed by atoms with Crippen molar-refractivity contribution in [3.8, 4) is 0 Å². The number of nitrogens with one attached hydrogen (secondary N) is 1. The van der Waals surface area contributed by atoms with E-state index in [0.29, 0.717) is 38.4 Å². The molecule has 0 aliphatic carbocycles. The second-order valence-electron chi connectivity index (χ2n) is 4.46. The van der Waals surface area contributed by atoms with Crippen molar-refractivity contribution < 1.29 is 13.5 Å². The lowest BCUT2D eigenvalue weighted by atomic mass is 10.1. The Morgan fingerprint density at radius 2 is 1.80 bits per heavy atom. The van der Waals surface area contributed by atoms with Gasteiger partial charge in [0.1, 0.15) is 17.3 Å². The number of hydrogen-bond donors (Lipinski definition) is 1. The Morgan fingerprint density at radius 1 is 1.15 bits per heavy atom. The van der Waals surface area contributed by atoms with Crippen LogP contribution in [0.4, 0.5) is 14.5 Å².